The van der Waals surface area contributed by atoms with Crippen molar-refractivity contribution in [3.63, 3.8) is 0 Å². The lowest BCUT2D eigenvalue weighted by Gasteiger charge is -2.36. The lowest BCUT2D eigenvalue weighted by Crippen LogP contribution is -2.49. The SMILES string of the molecule is CO[C@H]1CN(C)C(=O)c2ccc(NC(=O)c3cc(C)on3)cc2OC[C@@H](C)N(C(=O)C2CC2)C[C@@H]1C. The van der Waals surface area contributed by atoms with E-state index in [1.54, 1.807) is 50.2 Å². The van der Waals surface area contributed by atoms with Gasteiger partial charge in [-0.25, -0.2) is 0 Å². The number of rotatable bonds is 4. The molecule has 1 N–H and O–H groups in total. The van der Waals surface area contributed by atoms with Gasteiger partial charge in [-0.3, -0.25) is 14.4 Å². The van der Waals surface area contributed by atoms with Crippen molar-refractivity contribution in [2.75, 3.05) is 39.2 Å². The van der Waals surface area contributed by atoms with Gasteiger partial charge in [0, 0.05) is 56.9 Å². The zero-order valence-corrected chi connectivity index (χ0v) is 21.4. The highest BCUT2D eigenvalue weighted by Crippen LogP contribution is 2.33. The number of aryl methyl sites for hydroxylation is 1. The van der Waals surface area contributed by atoms with E-state index >= 15 is 0 Å². The number of ether oxygens (including phenoxy) is 2. The van der Waals surface area contributed by atoms with E-state index < -0.39 is 5.91 Å². The van der Waals surface area contributed by atoms with E-state index in [0.717, 1.165) is 12.8 Å². The molecule has 10 nitrogen and oxygen atoms in total. The van der Waals surface area contributed by atoms with Gasteiger partial charge in [0.1, 0.15) is 18.1 Å². The number of benzene rings is 1. The molecule has 3 atom stereocenters. The molecular weight excluding hydrogens is 464 g/mol. The van der Waals surface area contributed by atoms with Crippen LogP contribution < -0.4 is 10.1 Å². The summed E-state index contributed by atoms with van der Waals surface area (Å²) in [5, 5.41) is 6.50. The van der Waals surface area contributed by atoms with E-state index in [4.69, 9.17) is 14.0 Å². The third kappa shape index (κ3) is 5.70. The summed E-state index contributed by atoms with van der Waals surface area (Å²) >= 11 is 0. The largest absolute Gasteiger partial charge is 0.491 e. The fourth-order valence-corrected chi connectivity index (χ4v) is 4.39. The van der Waals surface area contributed by atoms with E-state index in [1.165, 1.54) is 0 Å². The zero-order valence-electron chi connectivity index (χ0n) is 21.4. The number of nitrogens with one attached hydrogen (secondary N) is 1. The molecular formula is C26H34N4O6. The maximum Gasteiger partial charge on any atom is 0.277 e. The smallest absolute Gasteiger partial charge is 0.277 e. The molecule has 10 heteroatoms. The first-order valence-corrected chi connectivity index (χ1v) is 12.3. The predicted molar refractivity (Wildman–Crippen MR) is 132 cm³/mol. The Balaban J connectivity index is 1.63. The van der Waals surface area contributed by atoms with Crippen LogP contribution in [0.2, 0.25) is 0 Å². The number of amides is 3. The van der Waals surface area contributed by atoms with Crippen LogP contribution in [0.1, 0.15) is 53.3 Å². The monoisotopic (exact) mass is 498 g/mol. The van der Waals surface area contributed by atoms with Crippen molar-refractivity contribution in [3.05, 3.63) is 41.3 Å². The summed E-state index contributed by atoms with van der Waals surface area (Å²) in [5.41, 5.74) is 0.964. The maximum absolute atomic E-state index is 13.3. The van der Waals surface area contributed by atoms with Gasteiger partial charge in [0.05, 0.1) is 17.7 Å². The van der Waals surface area contributed by atoms with Crippen LogP contribution in [-0.2, 0) is 9.53 Å². The second-order valence-corrected chi connectivity index (χ2v) is 9.85. The molecule has 0 saturated heterocycles. The summed E-state index contributed by atoms with van der Waals surface area (Å²) in [4.78, 5) is 42.5. The Labute approximate surface area is 210 Å². The van der Waals surface area contributed by atoms with Gasteiger partial charge in [0.25, 0.3) is 11.8 Å². The van der Waals surface area contributed by atoms with Gasteiger partial charge in [-0.15, -0.1) is 0 Å². The number of aromatic nitrogens is 1. The Bertz CT molecular complexity index is 1130. The Morgan fingerprint density at radius 3 is 2.56 bits per heavy atom. The fourth-order valence-electron chi connectivity index (χ4n) is 4.39. The first-order valence-electron chi connectivity index (χ1n) is 12.3. The molecule has 2 aliphatic rings. The van der Waals surface area contributed by atoms with Crippen LogP contribution in [0.4, 0.5) is 5.69 Å². The molecule has 2 aromatic rings. The van der Waals surface area contributed by atoms with Crippen molar-refractivity contribution in [2.45, 2.75) is 45.8 Å². The van der Waals surface area contributed by atoms with Crippen molar-refractivity contribution in [1.29, 1.82) is 0 Å². The molecule has 2 heterocycles. The molecule has 194 valence electrons. The Hall–Kier alpha value is -3.40. The van der Waals surface area contributed by atoms with Crippen LogP contribution in [0.25, 0.3) is 0 Å². The topological polar surface area (TPSA) is 114 Å². The van der Waals surface area contributed by atoms with Crippen LogP contribution in [-0.4, -0.2) is 78.7 Å². The van der Waals surface area contributed by atoms with Crippen molar-refractivity contribution in [1.82, 2.24) is 15.0 Å². The lowest BCUT2D eigenvalue weighted by molar-refractivity contribution is -0.136. The summed E-state index contributed by atoms with van der Waals surface area (Å²) in [6.07, 6.45) is 1.59. The number of hydrogen-bond donors (Lipinski definition) is 1. The summed E-state index contributed by atoms with van der Waals surface area (Å²) < 4.78 is 16.8. The highest BCUT2D eigenvalue weighted by Gasteiger charge is 2.37. The number of fused-ring (bicyclic) bond motifs is 1. The predicted octanol–water partition coefficient (Wildman–Crippen LogP) is 2.98. The molecule has 1 aromatic carbocycles. The Morgan fingerprint density at radius 2 is 1.92 bits per heavy atom. The first kappa shape index (κ1) is 25.7. The lowest BCUT2D eigenvalue weighted by atomic mass is 10.0. The molecule has 3 amide bonds. The summed E-state index contributed by atoms with van der Waals surface area (Å²) in [6.45, 7) is 6.77. The number of hydrogen-bond acceptors (Lipinski definition) is 7. The van der Waals surface area contributed by atoms with Gasteiger partial charge in [-0.05, 0) is 38.8 Å². The van der Waals surface area contributed by atoms with Crippen molar-refractivity contribution in [3.8, 4) is 5.75 Å². The molecule has 0 radical (unpaired) electrons. The van der Waals surface area contributed by atoms with Crippen LogP contribution in [0.5, 0.6) is 5.75 Å². The number of anilines is 1. The van der Waals surface area contributed by atoms with Crippen LogP contribution in [0, 0.1) is 18.8 Å². The van der Waals surface area contributed by atoms with E-state index in [9.17, 15) is 14.4 Å². The second kappa shape index (κ2) is 10.7. The quantitative estimate of drug-likeness (QED) is 0.689. The van der Waals surface area contributed by atoms with Gasteiger partial charge in [0.2, 0.25) is 5.91 Å². The minimum Gasteiger partial charge on any atom is -0.491 e. The second-order valence-electron chi connectivity index (χ2n) is 9.85. The fraction of sp³-hybridized carbons (Fsp3) is 0.538. The summed E-state index contributed by atoms with van der Waals surface area (Å²) in [5.74, 6) is 0.433. The number of likely N-dealkylation sites (N-methyl/N-ethyl adjacent to an activating group) is 1. The number of methoxy groups -OCH3 is 1. The highest BCUT2D eigenvalue weighted by molar-refractivity contribution is 6.04. The average Bonchev–Trinajstić information content (AvgIpc) is 3.62. The molecule has 0 unspecified atom stereocenters. The van der Waals surface area contributed by atoms with Gasteiger partial charge in [-0.1, -0.05) is 12.1 Å². The third-order valence-electron chi connectivity index (χ3n) is 6.77. The average molecular weight is 499 g/mol. The Kier molecular flexibility index (Phi) is 7.63. The zero-order chi connectivity index (χ0) is 26.0. The highest BCUT2D eigenvalue weighted by atomic mass is 16.5. The van der Waals surface area contributed by atoms with Crippen molar-refractivity contribution >= 4 is 23.4 Å². The first-order chi connectivity index (χ1) is 17.2. The van der Waals surface area contributed by atoms with Gasteiger partial charge < -0.3 is 29.1 Å². The number of carbonyl (C=O) groups is 3. The van der Waals surface area contributed by atoms with Gasteiger partial charge in [0.15, 0.2) is 5.69 Å². The normalized spacial score (nSPS) is 23.2. The summed E-state index contributed by atoms with van der Waals surface area (Å²) in [6, 6.07) is 6.22. The molecule has 1 aliphatic carbocycles. The molecule has 36 heavy (non-hydrogen) atoms. The van der Waals surface area contributed by atoms with E-state index in [1.807, 2.05) is 18.7 Å². The van der Waals surface area contributed by atoms with Crippen LogP contribution >= 0.6 is 0 Å². The minimum absolute atomic E-state index is 0.0204. The maximum atomic E-state index is 13.3. The van der Waals surface area contributed by atoms with Gasteiger partial charge in [-0.2, -0.15) is 0 Å². The molecule has 0 spiro atoms. The third-order valence-corrected chi connectivity index (χ3v) is 6.77. The van der Waals surface area contributed by atoms with Crippen LogP contribution in [0.3, 0.4) is 0 Å². The van der Waals surface area contributed by atoms with Crippen molar-refractivity contribution < 1.29 is 28.4 Å². The molecule has 1 aromatic heterocycles. The molecule has 1 aliphatic heterocycles. The molecule has 1 fully saturated rings. The Morgan fingerprint density at radius 1 is 1.17 bits per heavy atom. The number of carbonyl (C=O) groups excluding carboxylic acids is 3. The van der Waals surface area contributed by atoms with Gasteiger partial charge >= 0.3 is 0 Å². The molecule has 0 bridgehead atoms. The molecule has 4 rings (SSSR count). The number of nitrogens with zero attached hydrogens (tertiary/aromatic N) is 3. The van der Waals surface area contributed by atoms with E-state index in [-0.39, 0.29) is 48.1 Å². The molecule has 1 saturated carbocycles. The van der Waals surface area contributed by atoms with E-state index in [2.05, 4.69) is 10.5 Å². The van der Waals surface area contributed by atoms with Crippen LogP contribution in [0.15, 0.2) is 28.8 Å². The van der Waals surface area contributed by atoms with E-state index in [0.29, 0.717) is 35.9 Å². The minimum atomic E-state index is -0.435. The van der Waals surface area contributed by atoms with Crippen molar-refractivity contribution in [2.24, 2.45) is 11.8 Å². The summed E-state index contributed by atoms with van der Waals surface area (Å²) in [7, 11) is 3.35. The standard InChI is InChI=1S/C26H34N4O6/c1-15-12-30(25(32)18-6-7-18)16(2)14-35-22-11-19(27-24(31)21-10-17(3)36-28-21)8-9-20(22)26(33)29(4)13-23(15)34-5/h8-11,15-16,18,23H,6-7,12-14H2,1-5H3,(H,27,31)/t15-,16+,23-/m0/s1.